The molecule has 0 heterocycles. The Morgan fingerprint density at radius 2 is 1.00 bits per heavy atom. The first-order chi connectivity index (χ1) is 11.4. The van der Waals surface area contributed by atoms with E-state index in [-0.39, 0.29) is 17.0 Å². The van der Waals surface area contributed by atoms with Crippen LogP contribution in [0.2, 0.25) is 0 Å². The van der Waals surface area contributed by atoms with Gasteiger partial charge in [-0.2, -0.15) is 0 Å². The molecule has 0 aliphatic heterocycles. The minimum atomic E-state index is -1.67. The first-order valence-electron chi connectivity index (χ1n) is 7.68. The molecule has 0 amide bonds. The second-order valence-electron chi connectivity index (χ2n) is 5.27. The number of hydrogen-bond donors (Lipinski definition) is 0. The molecule has 0 aromatic heterocycles. The van der Waals surface area contributed by atoms with E-state index in [0.29, 0.717) is 8.27 Å². The van der Waals surface area contributed by atoms with Crippen LogP contribution in [0, 0.1) is 0 Å². The number of ether oxygens (including phenoxy) is 1. The summed E-state index contributed by atoms with van der Waals surface area (Å²) >= 11 is 0. The van der Waals surface area contributed by atoms with Crippen LogP contribution in [0.5, 0.6) is 0 Å². The van der Waals surface area contributed by atoms with Crippen LogP contribution < -0.4 is 15.9 Å². The summed E-state index contributed by atoms with van der Waals surface area (Å²) in [6.45, 7) is -1.67. The zero-order valence-corrected chi connectivity index (χ0v) is 17.2. The lowest BCUT2D eigenvalue weighted by molar-refractivity contribution is 0.258. The smallest absolute Gasteiger partial charge is 0.129 e. The highest BCUT2D eigenvalue weighted by Gasteiger charge is 2.45. The van der Waals surface area contributed by atoms with Crippen LogP contribution in [0.15, 0.2) is 91.0 Å². The van der Waals surface area contributed by atoms with E-state index in [2.05, 4.69) is 91.0 Å². The van der Waals surface area contributed by atoms with Crippen molar-refractivity contribution in [1.82, 2.24) is 0 Å². The normalized spacial score (nSPS) is 11.4. The second kappa shape index (κ2) is 9.44. The van der Waals surface area contributed by atoms with Crippen molar-refractivity contribution in [2.75, 3.05) is 13.5 Å². The Morgan fingerprint density at radius 1 is 0.667 bits per heavy atom. The molecule has 3 aromatic rings. The number of hydrogen-bond acceptors (Lipinski definition) is 1. The van der Waals surface area contributed by atoms with Crippen LogP contribution in [0.3, 0.4) is 0 Å². The minimum Gasteiger partial charge on any atom is -0.377 e. The third-order valence-corrected chi connectivity index (χ3v) is 12.1. The van der Waals surface area contributed by atoms with Crippen molar-refractivity contribution >= 4 is 48.1 Å². The summed E-state index contributed by atoms with van der Waals surface area (Å²) in [6, 6.07) is 32.8. The fourth-order valence-corrected chi connectivity index (χ4v) is 10.4. The van der Waals surface area contributed by atoms with E-state index in [9.17, 15) is 0 Å². The molecule has 0 N–H and O–H groups in total. The molecule has 3 aromatic carbocycles. The maximum absolute atomic E-state index is 5.50. The van der Waals surface area contributed by atoms with Crippen molar-refractivity contribution in [1.29, 1.82) is 0 Å². The van der Waals surface area contributed by atoms with E-state index in [0.717, 1.165) is 6.35 Å². The van der Waals surface area contributed by atoms with Gasteiger partial charge in [0, 0.05) is 7.11 Å². The van der Waals surface area contributed by atoms with Crippen molar-refractivity contribution in [2.24, 2.45) is 0 Å². The summed E-state index contributed by atoms with van der Waals surface area (Å²) in [6.07, 6.45) is 0.784. The van der Waals surface area contributed by atoms with E-state index in [1.807, 2.05) is 0 Å². The summed E-state index contributed by atoms with van der Waals surface area (Å²) in [5.74, 6) is 0. The molecule has 0 radical (unpaired) electrons. The predicted octanol–water partition coefficient (Wildman–Crippen LogP) is 4.76. The number of benzene rings is 3. The Balaban J connectivity index is 0.00000208. The molecule has 0 aliphatic carbocycles. The van der Waals surface area contributed by atoms with Gasteiger partial charge in [0.2, 0.25) is 0 Å². The standard InChI is InChI=1S/C20H21OP2.BrH/c1-21-17-22-23(18-11-5-2-6-12-18,19-13-7-3-8-14-19)20-15-9-4-10-16-20;/h2-16,22H,17H2,1H3;1H/q+1;. The van der Waals surface area contributed by atoms with Gasteiger partial charge in [-0.1, -0.05) is 54.6 Å². The SMILES string of the molecule is Br.COCP[P+](c1ccccc1)(c1ccccc1)c1ccccc1. The lowest BCUT2D eigenvalue weighted by Crippen LogP contribution is -2.28. The topological polar surface area (TPSA) is 9.23 Å². The second-order valence-corrected chi connectivity index (χ2v) is 11.7. The maximum atomic E-state index is 5.50. The molecule has 0 fully saturated rings. The van der Waals surface area contributed by atoms with Crippen molar-refractivity contribution in [3.63, 3.8) is 0 Å². The highest BCUT2D eigenvalue weighted by atomic mass is 79.9. The summed E-state index contributed by atoms with van der Waals surface area (Å²) in [5.41, 5.74) is 0. The molecule has 0 spiro atoms. The van der Waals surface area contributed by atoms with Gasteiger partial charge in [-0.25, -0.2) is 0 Å². The van der Waals surface area contributed by atoms with Crippen molar-refractivity contribution in [3.8, 4) is 0 Å². The van der Waals surface area contributed by atoms with Crippen LogP contribution in [0.4, 0.5) is 0 Å². The van der Waals surface area contributed by atoms with E-state index < -0.39 is 6.95 Å². The fourth-order valence-electron chi connectivity index (χ4n) is 2.84. The van der Waals surface area contributed by atoms with Gasteiger partial charge < -0.3 is 4.74 Å². The van der Waals surface area contributed by atoms with Crippen LogP contribution in [-0.2, 0) is 4.74 Å². The van der Waals surface area contributed by atoms with Crippen LogP contribution in [0.1, 0.15) is 0 Å². The molecule has 0 saturated heterocycles. The van der Waals surface area contributed by atoms with Gasteiger partial charge in [-0.15, -0.1) is 17.0 Å². The molecular weight excluding hydrogens is 398 g/mol. The summed E-state index contributed by atoms with van der Waals surface area (Å²) < 4.78 is 5.50. The molecule has 0 saturated carbocycles. The predicted molar refractivity (Wildman–Crippen MR) is 116 cm³/mol. The molecule has 1 unspecified atom stereocenters. The molecule has 1 atom stereocenters. The van der Waals surface area contributed by atoms with E-state index in [1.165, 1.54) is 15.9 Å². The summed E-state index contributed by atoms with van der Waals surface area (Å²) in [4.78, 5) is 0. The zero-order valence-electron chi connectivity index (χ0n) is 13.6. The quantitative estimate of drug-likeness (QED) is 0.523. The summed E-state index contributed by atoms with van der Waals surface area (Å²) in [5, 5.41) is 4.27. The largest absolute Gasteiger partial charge is 0.377 e. The molecule has 124 valence electrons. The molecule has 24 heavy (non-hydrogen) atoms. The highest BCUT2D eigenvalue weighted by molar-refractivity contribution is 8.93. The van der Waals surface area contributed by atoms with Crippen LogP contribution in [-0.4, -0.2) is 13.5 Å². The Morgan fingerprint density at radius 3 is 1.29 bits per heavy atom. The monoisotopic (exact) mass is 419 g/mol. The number of methoxy groups -OCH3 is 1. The third-order valence-electron chi connectivity index (χ3n) is 3.88. The highest BCUT2D eigenvalue weighted by Crippen LogP contribution is 2.70. The van der Waals surface area contributed by atoms with E-state index >= 15 is 0 Å². The molecule has 0 aliphatic rings. The van der Waals surface area contributed by atoms with Gasteiger partial charge in [-0.3, -0.25) is 0 Å². The van der Waals surface area contributed by atoms with Crippen molar-refractivity contribution in [2.45, 2.75) is 0 Å². The first-order valence-corrected chi connectivity index (χ1v) is 11.5. The molecular formula is C20H22BrOP2+. The zero-order chi connectivity index (χ0) is 16.0. The fraction of sp³-hybridized carbons (Fsp3) is 0.100. The molecule has 0 bridgehead atoms. The Kier molecular flexibility index (Phi) is 7.59. The lowest BCUT2D eigenvalue weighted by Gasteiger charge is -2.26. The average Bonchev–Trinajstić information content (AvgIpc) is 2.65. The first kappa shape index (κ1) is 19.3. The van der Waals surface area contributed by atoms with Gasteiger partial charge in [0.05, 0.1) is 14.6 Å². The van der Waals surface area contributed by atoms with Gasteiger partial charge in [-0.05, 0) is 36.4 Å². The Hall–Kier alpha value is -1.04. The van der Waals surface area contributed by atoms with Gasteiger partial charge in [0.15, 0.2) is 0 Å². The molecule has 4 heteroatoms. The minimum absolute atomic E-state index is 0. The third kappa shape index (κ3) is 3.95. The van der Waals surface area contributed by atoms with Gasteiger partial charge >= 0.3 is 0 Å². The van der Waals surface area contributed by atoms with Crippen molar-refractivity contribution in [3.05, 3.63) is 91.0 Å². The van der Waals surface area contributed by atoms with Gasteiger partial charge in [0.1, 0.15) is 22.9 Å². The number of halogens is 1. The number of rotatable bonds is 6. The Bertz CT molecular complexity index is 624. The van der Waals surface area contributed by atoms with Crippen LogP contribution in [0.25, 0.3) is 0 Å². The summed E-state index contributed by atoms with van der Waals surface area (Å²) in [7, 11) is 2.51. The molecule has 1 nitrogen and oxygen atoms in total. The van der Waals surface area contributed by atoms with E-state index in [1.54, 1.807) is 7.11 Å². The van der Waals surface area contributed by atoms with Crippen LogP contribution >= 0.6 is 32.2 Å². The maximum Gasteiger partial charge on any atom is 0.129 e. The average molecular weight is 420 g/mol. The lowest BCUT2D eigenvalue weighted by atomic mass is 10.4. The van der Waals surface area contributed by atoms with E-state index in [4.69, 9.17) is 4.74 Å². The Labute approximate surface area is 157 Å². The van der Waals surface area contributed by atoms with Gasteiger partial charge in [0.25, 0.3) is 0 Å². The molecule has 3 rings (SSSR count). The van der Waals surface area contributed by atoms with Crippen molar-refractivity contribution < 1.29 is 4.74 Å².